The molecule has 0 radical (unpaired) electrons. The summed E-state index contributed by atoms with van der Waals surface area (Å²) in [6.07, 6.45) is 1.52. The van der Waals surface area contributed by atoms with Gasteiger partial charge < -0.3 is 5.11 Å². The van der Waals surface area contributed by atoms with Crippen LogP contribution >= 0.6 is 11.3 Å². The number of aryl methyl sites for hydroxylation is 2. The molecule has 0 saturated carbocycles. The van der Waals surface area contributed by atoms with Crippen molar-refractivity contribution < 1.29 is 9.90 Å². The highest BCUT2D eigenvalue weighted by molar-refractivity contribution is 7.11. The van der Waals surface area contributed by atoms with Gasteiger partial charge in [0.05, 0.1) is 10.7 Å². The average Bonchev–Trinajstić information content (AvgIpc) is 2.51. The summed E-state index contributed by atoms with van der Waals surface area (Å²) >= 11 is 1.62. The highest BCUT2D eigenvalue weighted by Crippen LogP contribution is 2.17. The van der Waals surface area contributed by atoms with Crippen molar-refractivity contribution in [1.82, 2.24) is 10.3 Å². The average molecular weight is 242 g/mol. The van der Waals surface area contributed by atoms with E-state index < -0.39 is 12.0 Å². The number of hydrogen-bond acceptors (Lipinski definition) is 4. The van der Waals surface area contributed by atoms with Crippen LogP contribution < -0.4 is 5.32 Å². The molecule has 0 amide bonds. The highest BCUT2D eigenvalue weighted by Gasteiger charge is 2.16. The number of aromatic nitrogens is 1. The minimum Gasteiger partial charge on any atom is -0.480 e. The van der Waals surface area contributed by atoms with Gasteiger partial charge in [0.1, 0.15) is 6.04 Å². The number of thiazole rings is 1. The fourth-order valence-corrected chi connectivity index (χ4v) is 2.44. The summed E-state index contributed by atoms with van der Waals surface area (Å²) in [4.78, 5) is 16.4. The van der Waals surface area contributed by atoms with Crippen LogP contribution in [0.1, 0.15) is 35.3 Å². The number of carboxylic acid groups (broad SMARTS) is 1. The van der Waals surface area contributed by atoms with Gasteiger partial charge in [0.2, 0.25) is 0 Å². The van der Waals surface area contributed by atoms with Gasteiger partial charge in [-0.2, -0.15) is 0 Å². The summed E-state index contributed by atoms with van der Waals surface area (Å²) in [5, 5.41) is 13.1. The third-order valence-corrected chi connectivity index (χ3v) is 3.46. The summed E-state index contributed by atoms with van der Waals surface area (Å²) in [5.41, 5.74) is 0.996. The Kier molecular flexibility index (Phi) is 4.89. The standard InChI is InChI=1S/C11H18N2O2S/c1-4-5-9(11(14)15)12-6-10-7(2)13-8(3)16-10/h9,12H,4-6H2,1-3H3,(H,14,15). The first-order valence-corrected chi connectivity index (χ1v) is 6.25. The molecule has 0 saturated heterocycles. The van der Waals surface area contributed by atoms with E-state index in [2.05, 4.69) is 10.3 Å². The second-order valence-corrected chi connectivity index (χ2v) is 5.09. The van der Waals surface area contributed by atoms with Crippen molar-refractivity contribution in [2.45, 2.75) is 46.2 Å². The Bertz CT molecular complexity index is 363. The lowest BCUT2D eigenvalue weighted by atomic mass is 10.1. The molecule has 0 bridgehead atoms. The molecule has 1 rings (SSSR count). The first-order chi connectivity index (χ1) is 7.54. The molecule has 1 aromatic heterocycles. The van der Waals surface area contributed by atoms with E-state index in [1.165, 1.54) is 0 Å². The van der Waals surface area contributed by atoms with Gasteiger partial charge in [-0.3, -0.25) is 10.1 Å². The lowest BCUT2D eigenvalue weighted by Gasteiger charge is -2.12. The van der Waals surface area contributed by atoms with E-state index >= 15 is 0 Å². The molecule has 2 N–H and O–H groups in total. The fraction of sp³-hybridized carbons (Fsp3) is 0.636. The fourth-order valence-electron chi connectivity index (χ4n) is 1.55. The van der Waals surface area contributed by atoms with Gasteiger partial charge in [0, 0.05) is 11.4 Å². The third kappa shape index (κ3) is 3.57. The second-order valence-electron chi connectivity index (χ2n) is 3.80. The Hall–Kier alpha value is -0.940. The molecule has 0 spiro atoms. The molecule has 1 atom stereocenters. The summed E-state index contributed by atoms with van der Waals surface area (Å²) in [6.45, 7) is 6.49. The van der Waals surface area contributed by atoms with E-state index in [9.17, 15) is 4.79 Å². The Morgan fingerprint density at radius 3 is 2.69 bits per heavy atom. The summed E-state index contributed by atoms with van der Waals surface area (Å²) in [6, 6.07) is -0.452. The van der Waals surface area contributed by atoms with E-state index in [-0.39, 0.29) is 0 Å². The number of nitrogens with one attached hydrogen (secondary N) is 1. The zero-order valence-corrected chi connectivity index (χ0v) is 10.7. The predicted octanol–water partition coefficient (Wildman–Crippen LogP) is 2.10. The summed E-state index contributed by atoms with van der Waals surface area (Å²) < 4.78 is 0. The summed E-state index contributed by atoms with van der Waals surface area (Å²) in [7, 11) is 0. The molecule has 0 fully saturated rings. The van der Waals surface area contributed by atoms with Gasteiger partial charge in [-0.1, -0.05) is 13.3 Å². The van der Waals surface area contributed by atoms with Crippen molar-refractivity contribution >= 4 is 17.3 Å². The number of aliphatic carboxylic acids is 1. The number of carboxylic acids is 1. The highest BCUT2D eigenvalue weighted by atomic mass is 32.1. The van der Waals surface area contributed by atoms with Crippen molar-refractivity contribution in [2.75, 3.05) is 0 Å². The van der Waals surface area contributed by atoms with Crippen molar-refractivity contribution in [1.29, 1.82) is 0 Å². The van der Waals surface area contributed by atoms with Crippen LogP contribution in [-0.4, -0.2) is 22.1 Å². The Morgan fingerprint density at radius 1 is 1.56 bits per heavy atom. The molecule has 4 nitrogen and oxygen atoms in total. The maximum absolute atomic E-state index is 10.9. The number of rotatable bonds is 6. The van der Waals surface area contributed by atoms with Crippen LogP contribution in [0.4, 0.5) is 0 Å². The van der Waals surface area contributed by atoms with Crippen molar-refractivity contribution in [2.24, 2.45) is 0 Å². The zero-order valence-electron chi connectivity index (χ0n) is 9.91. The smallest absolute Gasteiger partial charge is 0.320 e. The first-order valence-electron chi connectivity index (χ1n) is 5.43. The van der Waals surface area contributed by atoms with E-state index in [4.69, 9.17) is 5.11 Å². The second kappa shape index (κ2) is 5.96. The number of carbonyl (C=O) groups is 1. The Balaban J connectivity index is 2.55. The van der Waals surface area contributed by atoms with E-state index in [1.54, 1.807) is 11.3 Å². The minimum atomic E-state index is -0.777. The van der Waals surface area contributed by atoms with Crippen molar-refractivity contribution in [3.8, 4) is 0 Å². The van der Waals surface area contributed by atoms with Crippen LogP contribution in [0.25, 0.3) is 0 Å². The van der Waals surface area contributed by atoms with Crippen LogP contribution in [0.3, 0.4) is 0 Å². The van der Waals surface area contributed by atoms with Gasteiger partial charge in [-0.05, 0) is 20.3 Å². The number of nitrogens with zero attached hydrogens (tertiary/aromatic N) is 1. The van der Waals surface area contributed by atoms with Gasteiger partial charge >= 0.3 is 5.97 Å². The molecule has 16 heavy (non-hydrogen) atoms. The van der Waals surface area contributed by atoms with Gasteiger partial charge in [0.15, 0.2) is 0 Å². The molecular formula is C11H18N2O2S. The van der Waals surface area contributed by atoms with Crippen LogP contribution in [0.2, 0.25) is 0 Å². The Labute approximate surface area is 99.7 Å². The maximum Gasteiger partial charge on any atom is 0.320 e. The van der Waals surface area contributed by atoms with Gasteiger partial charge in [-0.25, -0.2) is 4.98 Å². The lowest BCUT2D eigenvalue weighted by molar-refractivity contribution is -0.139. The lowest BCUT2D eigenvalue weighted by Crippen LogP contribution is -2.35. The largest absolute Gasteiger partial charge is 0.480 e. The molecule has 5 heteroatoms. The normalized spacial score (nSPS) is 12.7. The van der Waals surface area contributed by atoms with E-state index in [0.717, 1.165) is 22.0 Å². The van der Waals surface area contributed by atoms with Crippen LogP contribution in [0, 0.1) is 13.8 Å². The molecular weight excluding hydrogens is 224 g/mol. The quantitative estimate of drug-likeness (QED) is 0.802. The third-order valence-electron chi connectivity index (χ3n) is 2.38. The monoisotopic (exact) mass is 242 g/mol. The van der Waals surface area contributed by atoms with Gasteiger partial charge in [-0.15, -0.1) is 11.3 Å². The predicted molar refractivity (Wildman–Crippen MR) is 64.8 cm³/mol. The molecule has 1 unspecified atom stereocenters. The molecule has 1 aromatic rings. The molecule has 0 aliphatic rings. The Morgan fingerprint density at radius 2 is 2.25 bits per heavy atom. The van der Waals surface area contributed by atoms with Crippen LogP contribution in [0.15, 0.2) is 0 Å². The van der Waals surface area contributed by atoms with Crippen LogP contribution in [0.5, 0.6) is 0 Å². The van der Waals surface area contributed by atoms with E-state index in [0.29, 0.717) is 13.0 Å². The molecule has 0 aromatic carbocycles. The SMILES string of the molecule is CCCC(NCc1sc(C)nc1C)C(=O)O. The van der Waals surface area contributed by atoms with Crippen molar-refractivity contribution in [3.05, 3.63) is 15.6 Å². The topological polar surface area (TPSA) is 62.2 Å². The molecule has 1 heterocycles. The number of hydrogen-bond donors (Lipinski definition) is 2. The van der Waals surface area contributed by atoms with Gasteiger partial charge in [0.25, 0.3) is 0 Å². The maximum atomic E-state index is 10.9. The molecule has 90 valence electrons. The van der Waals surface area contributed by atoms with Crippen LogP contribution in [-0.2, 0) is 11.3 Å². The molecule has 0 aliphatic heterocycles. The van der Waals surface area contributed by atoms with E-state index in [1.807, 2.05) is 20.8 Å². The van der Waals surface area contributed by atoms with Crippen molar-refractivity contribution in [3.63, 3.8) is 0 Å². The first kappa shape index (κ1) is 13.1. The molecule has 0 aliphatic carbocycles. The zero-order chi connectivity index (χ0) is 12.1. The minimum absolute atomic E-state index is 0.452. The summed E-state index contributed by atoms with van der Waals surface area (Å²) in [5.74, 6) is -0.777.